The van der Waals surface area contributed by atoms with E-state index in [4.69, 9.17) is 5.11 Å². The van der Waals surface area contributed by atoms with E-state index >= 15 is 0 Å². The van der Waals surface area contributed by atoms with Gasteiger partial charge >= 0.3 is 5.97 Å². The Morgan fingerprint density at radius 3 is 2.50 bits per heavy atom. The molecule has 0 aromatic carbocycles. The molecule has 0 saturated heterocycles. The molecule has 0 spiro atoms. The van der Waals surface area contributed by atoms with Crippen molar-refractivity contribution in [1.82, 2.24) is 4.72 Å². The molecule has 0 aliphatic heterocycles. The molecule has 0 saturated carbocycles. The molecule has 1 atom stereocenters. The summed E-state index contributed by atoms with van der Waals surface area (Å²) < 4.78 is 26.5. The second-order valence-electron chi connectivity index (χ2n) is 4.61. The molecule has 5 nitrogen and oxygen atoms in total. The van der Waals surface area contributed by atoms with Crippen molar-refractivity contribution in [2.24, 2.45) is 5.92 Å². The van der Waals surface area contributed by atoms with Gasteiger partial charge in [0.25, 0.3) is 0 Å². The third-order valence-corrected chi connectivity index (χ3v) is 5.30. The minimum Gasteiger partial charge on any atom is -0.478 e. The number of hydrogen-bond acceptors (Lipinski definition) is 4. The topological polar surface area (TPSA) is 83.5 Å². The summed E-state index contributed by atoms with van der Waals surface area (Å²) in [7, 11) is -3.61. The Morgan fingerprint density at radius 1 is 1.44 bits per heavy atom. The lowest BCUT2D eigenvalue weighted by Gasteiger charge is -2.15. The van der Waals surface area contributed by atoms with E-state index in [2.05, 4.69) is 4.72 Å². The summed E-state index contributed by atoms with van der Waals surface area (Å²) in [6, 6.07) is 1.00. The maximum atomic E-state index is 12.0. The normalized spacial score (nSPS) is 13.8. The Hall–Kier alpha value is -0.920. The van der Waals surface area contributed by atoms with E-state index in [1.165, 1.54) is 11.4 Å². The van der Waals surface area contributed by atoms with Crippen molar-refractivity contribution < 1.29 is 18.3 Å². The molecule has 0 radical (unpaired) electrons. The lowest BCUT2D eigenvalue weighted by Crippen LogP contribution is -2.33. The van der Waals surface area contributed by atoms with E-state index < -0.39 is 16.0 Å². The van der Waals surface area contributed by atoms with E-state index in [0.29, 0.717) is 5.92 Å². The fourth-order valence-electron chi connectivity index (χ4n) is 1.65. The van der Waals surface area contributed by atoms with Gasteiger partial charge in [-0.05, 0) is 25.3 Å². The lowest BCUT2D eigenvalue weighted by atomic mass is 10.1. The van der Waals surface area contributed by atoms with E-state index in [9.17, 15) is 13.2 Å². The molecule has 18 heavy (non-hydrogen) atoms. The second-order valence-corrected chi connectivity index (χ2v) is 7.46. The average Bonchev–Trinajstić information content (AvgIpc) is 2.63. The number of aromatic carboxylic acids is 1. The first-order chi connectivity index (χ1) is 8.22. The van der Waals surface area contributed by atoms with Crippen LogP contribution in [0.1, 0.15) is 37.6 Å². The summed E-state index contributed by atoms with van der Waals surface area (Å²) in [5.41, 5.74) is -0.00288. The van der Waals surface area contributed by atoms with Crippen LogP contribution in [-0.4, -0.2) is 25.5 Å². The molecule has 0 aliphatic carbocycles. The van der Waals surface area contributed by atoms with Gasteiger partial charge in [-0.1, -0.05) is 13.8 Å². The van der Waals surface area contributed by atoms with Gasteiger partial charge in [0.15, 0.2) is 0 Å². The van der Waals surface area contributed by atoms with Crippen LogP contribution in [0.2, 0.25) is 0 Å². The summed E-state index contributed by atoms with van der Waals surface area (Å²) in [5, 5.41) is 10.1. The molecular weight excluding hydrogens is 274 g/mol. The number of hydrogen-bond donors (Lipinski definition) is 2. The average molecular weight is 291 g/mol. The summed E-state index contributed by atoms with van der Waals surface area (Å²) in [6.07, 6.45) is 0.733. The molecule has 0 bridgehead atoms. The molecular formula is C11H17NO4S2. The Bertz CT molecular complexity index is 519. The van der Waals surface area contributed by atoms with Crippen molar-refractivity contribution in [2.75, 3.05) is 0 Å². The van der Waals surface area contributed by atoms with E-state index in [-0.39, 0.29) is 15.8 Å². The summed E-state index contributed by atoms with van der Waals surface area (Å²) >= 11 is 0.914. The van der Waals surface area contributed by atoms with Gasteiger partial charge in [-0.2, -0.15) is 0 Å². The molecule has 102 valence electrons. The maximum Gasteiger partial charge on any atom is 0.336 e. The Morgan fingerprint density at radius 2 is 2.06 bits per heavy atom. The van der Waals surface area contributed by atoms with E-state index in [0.717, 1.165) is 17.8 Å². The van der Waals surface area contributed by atoms with Crippen LogP contribution in [-0.2, 0) is 10.0 Å². The molecule has 0 amide bonds. The molecule has 1 aromatic heterocycles. The highest BCUT2D eigenvalue weighted by Crippen LogP contribution is 2.21. The van der Waals surface area contributed by atoms with Crippen LogP contribution in [0, 0.1) is 5.92 Å². The van der Waals surface area contributed by atoms with Crippen molar-refractivity contribution in [3.05, 3.63) is 17.0 Å². The van der Waals surface area contributed by atoms with Crippen molar-refractivity contribution in [2.45, 2.75) is 37.4 Å². The number of thiophene rings is 1. The number of sulfonamides is 1. The molecule has 7 heteroatoms. The molecule has 1 unspecified atom stereocenters. The van der Waals surface area contributed by atoms with Gasteiger partial charge in [-0.25, -0.2) is 17.9 Å². The van der Waals surface area contributed by atoms with Crippen molar-refractivity contribution in [3.63, 3.8) is 0 Å². The van der Waals surface area contributed by atoms with E-state index in [1.54, 1.807) is 6.92 Å². The zero-order valence-electron chi connectivity index (χ0n) is 10.5. The van der Waals surface area contributed by atoms with Crippen molar-refractivity contribution >= 4 is 27.3 Å². The van der Waals surface area contributed by atoms with Crippen LogP contribution in [0.25, 0.3) is 0 Å². The van der Waals surface area contributed by atoms with Gasteiger partial charge in [-0.3, -0.25) is 0 Å². The van der Waals surface area contributed by atoms with E-state index in [1.807, 2.05) is 13.8 Å². The Kier molecular flexibility index (Phi) is 4.89. The summed E-state index contributed by atoms with van der Waals surface area (Å²) in [4.78, 5) is 10.7. The summed E-state index contributed by atoms with van der Waals surface area (Å²) in [5.74, 6) is -0.733. The summed E-state index contributed by atoms with van der Waals surface area (Å²) in [6.45, 7) is 5.82. The fourth-order valence-corrected chi connectivity index (χ4v) is 4.07. The van der Waals surface area contributed by atoms with Crippen LogP contribution >= 0.6 is 11.3 Å². The highest BCUT2D eigenvalue weighted by Gasteiger charge is 2.21. The second kappa shape index (κ2) is 5.81. The highest BCUT2D eigenvalue weighted by atomic mass is 32.2. The fraction of sp³-hybridized carbons (Fsp3) is 0.545. The third kappa shape index (κ3) is 4.08. The minimum atomic E-state index is -3.61. The van der Waals surface area contributed by atoms with Crippen LogP contribution in [0.15, 0.2) is 15.7 Å². The smallest absolute Gasteiger partial charge is 0.336 e. The molecule has 1 aromatic rings. The highest BCUT2D eigenvalue weighted by molar-refractivity contribution is 7.91. The molecule has 0 aliphatic rings. The zero-order valence-corrected chi connectivity index (χ0v) is 12.1. The number of carboxylic acids is 1. The third-order valence-electron chi connectivity index (χ3n) is 2.27. The first-order valence-corrected chi connectivity index (χ1v) is 7.93. The number of carbonyl (C=O) groups is 1. The SMILES string of the molecule is CC(C)CC(C)NS(=O)(=O)c1cc(C(=O)O)cs1. The predicted octanol–water partition coefficient (Wildman–Crippen LogP) is 2.16. The first-order valence-electron chi connectivity index (χ1n) is 5.56. The maximum absolute atomic E-state index is 12.0. The number of nitrogens with one attached hydrogen (secondary N) is 1. The Labute approximate surface area is 111 Å². The lowest BCUT2D eigenvalue weighted by molar-refractivity contribution is 0.0697. The molecule has 0 fully saturated rings. The van der Waals surface area contributed by atoms with Gasteiger partial charge in [0, 0.05) is 11.4 Å². The quantitative estimate of drug-likeness (QED) is 0.841. The zero-order chi connectivity index (χ0) is 13.9. The largest absolute Gasteiger partial charge is 0.478 e. The standard InChI is InChI=1S/C11H17NO4S2/c1-7(2)4-8(3)12-18(15,16)10-5-9(6-17-10)11(13)14/h5-8,12H,4H2,1-3H3,(H,13,14). The van der Waals surface area contributed by atoms with Gasteiger partial charge < -0.3 is 5.11 Å². The van der Waals surface area contributed by atoms with Crippen LogP contribution in [0.5, 0.6) is 0 Å². The number of carboxylic acid groups (broad SMARTS) is 1. The van der Waals surface area contributed by atoms with Crippen molar-refractivity contribution in [1.29, 1.82) is 0 Å². The first kappa shape index (κ1) is 15.1. The van der Waals surface area contributed by atoms with Crippen LogP contribution < -0.4 is 4.72 Å². The monoisotopic (exact) mass is 291 g/mol. The molecule has 2 N–H and O–H groups in total. The molecule has 1 heterocycles. The van der Waals surface area contributed by atoms with Gasteiger partial charge in [0.05, 0.1) is 5.56 Å². The van der Waals surface area contributed by atoms with Crippen LogP contribution in [0.4, 0.5) is 0 Å². The van der Waals surface area contributed by atoms with Gasteiger partial charge in [-0.15, -0.1) is 11.3 Å². The number of rotatable bonds is 6. The molecule has 1 rings (SSSR count). The Balaban J connectivity index is 2.82. The predicted molar refractivity (Wildman–Crippen MR) is 70.5 cm³/mol. The van der Waals surface area contributed by atoms with Gasteiger partial charge in [0.1, 0.15) is 4.21 Å². The minimum absolute atomic E-state index is 0.00288. The van der Waals surface area contributed by atoms with Gasteiger partial charge in [0.2, 0.25) is 10.0 Å². The van der Waals surface area contributed by atoms with Crippen LogP contribution in [0.3, 0.4) is 0 Å². The van der Waals surface area contributed by atoms with Crippen molar-refractivity contribution in [3.8, 4) is 0 Å².